The SMILES string of the molecule is C=CC(=O)O.O=C(CCC(=O)OCCO)OCCO. The number of ether oxygens (including phenoxy) is 2. The highest BCUT2D eigenvalue weighted by molar-refractivity contribution is 5.78. The second-order valence-corrected chi connectivity index (χ2v) is 2.93. The van der Waals surface area contributed by atoms with Gasteiger partial charge in [0, 0.05) is 6.08 Å². The standard InChI is InChI=1S/C8H14O6.C3H4O2/c9-3-5-13-7(11)1-2-8(12)14-6-4-10;1-2-3(4)5/h9-10H,1-6H2;2H,1H2,(H,4,5). The van der Waals surface area contributed by atoms with Crippen LogP contribution in [-0.4, -0.2) is 59.7 Å². The van der Waals surface area contributed by atoms with Gasteiger partial charge in [0.05, 0.1) is 26.1 Å². The molecule has 0 aliphatic heterocycles. The Kier molecular flexibility index (Phi) is 14.4. The third-order valence-corrected chi connectivity index (χ3v) is 1.42. The summed E-state index contributed by atoms with van der Waals surface area (Å²) in [7, 11) is 0. The van der Waals surface area contributed by atoms with E-state index in [1.807, 2.05) is 0 Å². The molecule has 19 heavy (non-hydrogen) atoms. The number of carbonyl (C=O) groups is 3. The Bertz CT molecular complexity index is 266. The van der Waals surface area contributed by atoms with Crippen molar-refractivity contribution in [2.24, 2.45) is 0 Å². The number of rotatable bonds is 8. The van der Waals surface area contributed by atoms with E-state index in [9.17, 15) is 14.4 Å². The molecule has 0 bridgehead atoms. The van der Waals surface area contributed by atoms with Crippen molar-refractivity contribution < 1.29 is 39.2 Å². The van der Waals surface area contributed by atoms with Crippen molar-refractivity contribution in [2.75, 3.05) is 26.4 Å². The largest absolute Gasteiger partial charge is 0.478 e. The van der Waals surface area contributed by atoms with Crippen LogP contribution in [0.1, 0.15) is 12.8 Å². The van der Waals surface area contributed by atoms with E-state index in [2.05, 4.69) is 16.1 Å². The molecule has 0 amide bonds. The molecule has 110 valence electrons. The van der Waals surface area contributed by atoms with Gasteiger partial charge in [0.25, 0.3) is 0 Å². The Morgan fingerprint density at radius 2 is 1.26 bits per heavy atom. The predicted octanol–water partition coefficient (Wildman–Crippen LogP) is -0.905. The van der Waals surface area contributed by atoms with E-state index in [0.717, 1.165) is 6.08 Å². The van der Waals surface area contributed by atoms with Crippen LogP contribution in [0.5, 0.6) is 0 Å². The molecule has 0 spiro atoms. The first-order valence-electron chi connectivity index (χ1n) is 5.36. The quantitative estimate of drug-likeness (QED) is 0.384. The Morgan fingerprint density at radius 1 is 0.947 bits per heavy atom. The average Bonchev–Trinajstić information content (AvgIpc) is 2.40. The lowest BCUT2D eigenvalue weighted by Crippen LogP contribution is -2.13. The zero-order valence-electron chi connectivity index (χ0n) is 10.4. The second kappa shape index (κ2) is 14.1. The summed E-state index contributed by atoms with van der Waals surface area (Å²) in [6.07, 6.45) is 0.675. The minimum absolute atomic E-state index is 0.0650. The number of aliphatic carboxylic acids is 1. The molecular formula is C11H18O8. The summed E-state index contributed by atoms with van der Waals surface area (Å²) >= 11 is 0. The van der Waals surface area contributed by atoms with Crippen molar-refractivity contribution >= 4 is 17.9 Å². The van der Waals surface area contributed by atoms with Gasteiger partial charge in [-0.3, -0.25) is 9.59 Å². The Labute approximate surface area is 110 Å². The molecule has 0 aromatic carbocycles. The average molecular weight is 278 g/mol. The van der Waals surface area contributed by atoms with Crippen molar-refractivity contribution in [3.63, 3.8) is 0 Å². The van der Waals surface area contributed by atoms with Gasteiger partial charge in [-0.1, -0.05) is 6.58 Å². The molecule has 0 radical (unpaired) electrons. The maximum Gasteiger partial charge on any atom is 0.327 e. The minimum atomic E-state index is -0.981. The predicted molar refractivity (Wildman–Crippen MR) is 63.2 cm³/mol. The Hall–Kier alpha value is -1.93. The smallest absolute Gasteiger partial charge is 0.327 e. The van der Waals surface area contributed by atoms with Crippen LogP contribution >= 0.6 is 0 Å². The van der Waals surface area contributed by atoms with Gasteiger partial charge in [-0.2, -0.15) is 0 Å². The summed E-state index contributed by atoms with van der Waals surface area (Å²) in [5.74, 6) is -2.09. The highest BCUT2D eigenvalue weighted by Crippen LogP contribution is 1.95. The van der Waals surface area contributed by atoms with Crippen LogP contribution in [0.4, 0.5) is 0 Å². The van der Waals surface area contributed by atoms with Crippen LogP contribution in [0, 0.1) is 0 Å². The van der Waals surface area contributed by atoms with Crippen LogP contribution in [0.25, 0.3) is 0 Å². The van der Waals surface area contributed by atoms with E-state index >= 15 is 0 Å². The molecule has 0 rings (SSSR count). The summed E-state index contributed by atoms with van der Waals surface area (Å²) in [6.45, 7) is 2.36. The van der Waals surface area contributed by atoms with Gasteiger partial charge >= 0.3 is 17.9 Å². The van der Waals surface area contributed by atoms with Crippen LogP contribution in [-0.2, 0) is 23.9 Å². The number of carboxylic acids is 1. The van der Waals surface area contributed by atoms with Crippen molar-refractivity contribution in [1.29, 1.82) is 0 Å². The first-order chi connectivity index (χ1) is 8.97. The molecule has 0 fully saturated rings. The fourth-order valence-corrected chi connectivity index (χ4v) is 0.667. The fourth-order valence-electron chi connectivity index (χ4n) is 0.667. The summed E-state index contributed by atoms with van der Waals surface area (Å²) in [5.41, 5.74) is 0. The highest BCUT2D eigenvalue weighted by atomic mass is 16.5. The minimum Gasteiger partial charge on any atom is -0.478 e. The summed E-state index contributed by atoms with van der Waals surface area (Å²) in [6, 6.07) is 0. The normalized spacial score (nSPS) is 8.74. The number of aliphatic hydroxyl groups excluding tert-OH is 2. The van der Waals surface area contributed by atoms with Gasteiger partial charge in [0.15, 0.2) is 0 Å². The van der Waals surface area contributed by atoms with E-state index in [1.54, 1.807) is 0 Å². The first kappa shape index (κ1) is 19.4. The number of carbonyl (C=O) groups excluding carboxylic acids is 2. The molecule has 0 atom stereocenters. The third kappa shape index (κ3) is 18.6. The van der Waals surface area contributed by atoms with Crippen molar-refractivity contribution in [2.45, 2.75) is 12.8 Å². The zero-order valence-corrected chi connectivity index (χ0v) is 10.4. The van der Waals surface area contributed by atoms with Crippen LogP contribution in [0.15, 0.2) is 12.7 Å². The van der Waals surface area contributed by atoms with Crippen molar-refractivity contribution in [1.82, 2.24) is 0 Å². The van der Waals surface area contributed by atoms with Crippen LogP contribution < -0.4 is 0 Å². The van der Waals surface area contributed by atoms with Gasteiger partial charge in [-0.15, -0.1) is 0 Å². The lowest BCUT2D eigenvalue weighted by molar-refractivity contribution is -0.151. The number of esters is 2. The lowest BCUT2D eigenvalue weighted by Gasteiger charge is -2.03. The van der Waals surface area contributed by atoms with Gasteiger partial charge < -0.3 is 24.8 Å². The molecule has 0 unspecified atom stereocenters. The Morgan fingerprint density at radius 3 is 1.47 bits per heavy atom. The molecule has 3 N–H and O–H groups in total. The van der Waals surface area contributed by atoms with Crippen molar-refractivity contribution in [3.05, 3.63) is 12.7 Å². The first-order valence-corrected chi connectivity index (χ1v) is 5.36. The van der Waals surface area contributed by atoms with E-state index in [1.165, 1.54) is 0 Å². The molecule has 0 aliphatic carbocycles. The van der Waals surface area contributed by atoms with E-state index < -0.39 is 17.9 Å². The molecule has 0 saturated carbocycles. The van der Waals surface area contributed by atoms with Crippen molar-refractivity contribution in [3.8, 4) is 0 Å². The van der Waals surface area contributed by atoms with Gasteiger partial charge in [0.2, 0.25) is 0 Å². The number of carboxylic acid groups (broad SMARTS) is 1. The molecule has 0 saturated heterocycles. The maximum absolute atomic E-state index is 10.8. The second-order valence-electron chi connectivity index (χ2n) is 2.93. The van der Waals surface area contributed by atoms with E-state index in [-0.39, 0.29) is 39.3 Å². The van der Waals surface area contributed by atoms with E-state index in [4.69, 9.17) is 15.3 Å². The lowest BCUT2D eigenvalue weighted by atomic mass is 10.3. The van der Waals surface area contributed by atoms with E-state index in [0.29, 0.717) is 0 Å². The zero-order chi connectivity index (χ0) is 15.1. The molecule has 0 aromatic rings. The van der Waals surface area contributed by atoms with Gasteiger partial charge in [-0.25, -0.2) is 4.79 Å². The highest BCUT2D eigenvalue weighted by Gasteiger charge is 2.08. The monoisotopic (exact) mass is 278 g/mol. The topological polar surface area (TPSA) is 130 Å². The number of aliphatic hydroxyl groups is 2. The molecular weight excluding hydrogens is 260 g/mol. The summed E-state index contributed by atoms with van der Waals surface area (Å²) < 4.78 is 9.00. The number of hydrogen-bond donors (Lipinski definition) is 3. The van der Waals surface area contributed by atoms with Crippen LogP contribution in [0.2, 0.25) is 0 Å². The third-order valence-electron chi connectivity index (χ3n) is 1.42. The summed E-state index contributed by atoms with van der Waals surface area (Å²) in [5, 5.41) is 24.2. The Balaban J connectivity index is 0. The van der Waals surface area contributed by atoms with Crippen LogP contribution in [0.3, 0.4) is 0 Å². The van der Waals surface area contributed by atoms with Gasteiger partial charge in [-0.05, 0) is 0 Å². The molecule has 0 aromatic heterocycles. The fraction of sp³-hybridized carbons (Fsp3) is 0.545. The molecule has 0 heterocycles. The molecule has 8 nitrogen and oxygen atoms in total. The maximum atomic E-state index is 10.8. The molecule has 0 aliphatic rings. The number of hydrogen-bond acceptors (Lipinski definition) is 7. The summed E-state index contributed by atoms with van der Waals surface area (Å²) in [4.78, 5) is 30.8. The molecule has 8 heteroatoms. The van der Waals surface area contributed by atoms with Gasteiger partial charge in [0.1, 0.15) is 13.2 Å².